The smallest absolute Gasteiger partial charge is 0.250 e. The molecule has 0 spiro atoms. The quantitative estimate of drug-likeness (QED) is 0.206. The van der Waals surface area contributed by atoms with E-state index in [2.05, 4.69) is 6.92 Å². The van der Waals surface area contributed by atoms with Crippen molar-refractivity contribution in [2.75, 3.05) is 0 Å². The Kier molecular flexibility index (Phi) is 8.35. The molecule has 1 unspecified atom stereocenters. The summed E-state index contributed by atoms with van der Waals surface area (Å²) in [5.41, 5.74) is -0.955. The molecule has 156 valence electrons. The fourth-order valence-corrected chi connectivity index (χ4v) is 3.50. The molecule has 0 aliphatic rings. The van der Waals surface area contributed by atoms with Crippen molar-refractivity contribution in [1.29, 1.82) is 0 Å². The Morgan fingerprint density at radius 2 is 1.37 bits per heavy atom. The molecule has 0 saturated heterocycles. The molecular formula is C20H32F4O2Si. The fourth-order valence-electron chi connectivity index (χ4n) is 2.50. The summed E-state index contributed by atoms with van der Waals surface area (Å²) in [7, 11) is -2.71. The van der Waals surface area contributed by atoms with Gasteiger partial charge in [0.15, 0.2) is 17.4 Å². The molecule has 0 aliphatic carbocycles. The number of halogens is 4. The molecule has 2 nitrogen and oxygen atoms in total. The number of rotatable bonds is 9. The Morgan fingerprint density at radius 3 is 1.81 bits per heavy atom. The Labute approximate surface area is 161 Å². The second-order valence-corrected chi connectivity index (χ2v) is 13.3. The first-order valence-electron chi connectivity index (χ1n) is 9.58. The van der Waals surface area contributed by atoms with Gasteiger partial charge in [-0.2, -0.15) is 8.78 Å². The van der Waals surface area contributed by atoms with Gasteiger partial charge in [0.25, 0.3) is 8.32 Å². The molecule has 0 heterocycles. The average molecular weight is 409 g/mol. The molecule has 0 fully saturated rings. The van der Waals surface area contributed by atoms with Crippen LogP contribution in [0.2, 0.25) is 18.1 Å². The maximum absolute atomic E-state index is 14.5. The molecular weight excluding hydrogens is 376 g/mol. The highest BCUT2D eigenvalue weighted by molar-refractivity contribution is 6.74. The summed E-state index contributed by atoms with van der Waals surface area (Å²) in [5, 5.41) is 9.69. The van der Waals surface area contributed by atoms with Gasteiger partial charge in [0, 0.05) is 0 Å². The lowest BCUT2D eigenvalue weighted by atomic mass is 10.0. The highest BCUT2D eigenvalue weighted by Crippen LogP contribution is 2.41. The van der Waals surface area contributed by atoms with Crippen molar-refractivity contribution in [2.24, 2.45) is 0 Å². The number of hydrogen-bond acceptors (Lipinski definition) is 2. The first-order chi connectivity index (χ1) is 12.3. The molecule has 7 heteroatoms. The van der Waals surface area contributed by atoms with Crippen molar-refractivity contribution in [3.05, 3.63) is 28.8 Å². The summed E-state index contributed by atoms with van der Waals surface area (Å²) >= 11 is 0. The number of hydrogen-bond donors (Lipinski definition) is 1. The number of aliphatic hydroxyl groups is 1. The first-order valence-corrected chi connectivity index (χ1v) is 12.5. The number of unbranched alkanes of at least 4 members (excludes halogenated alkanes) is 4. The van der Waals surface area contributed by atoms with Gasteiger partial charge < -0.3 is 9.53 Å². The Balaban J connectivity index is 3.12. The van der Waals surface area contributed by atoms with E-state index in [0.717, 1.165) is 25.7 Å². The van der Waals surface area contributed by atoms with Crippen LogP contribution in [-0.2, 0) is 0 Å². The van der Waals surface area contributed by atoms with E-state index in [0.29, 0.717) is 6.42 Å². The van der Waals surface area contributed by atoms with Gasteiger partial charge in [-0.05, 0) is 24.6 Å². The normalized spacial score (nSPS) is 13.7. The molecule has 1 atom stereocenters. The van der Waals surface area contributed by atoms with Crippen LogP contribution < -0.4 is 4.43 Å². The maximum atomic E-state index is 14.5. The topological polar surface area (TPSA) is 29.5 Å². The molecule has 0 bridgehead atoms. The summed E-state index contributed by atoms with van der Waals surface area (Å²) in [4.78, 5) is 0. The fraction of sp³-hybridized carbons (Fsp3) is 0.700. The Morgan fingerprint density at radius 1 is 0.889 bits per heavy atom. The zero-order valence-electron chi connectivity index (χ0n) is 17.2. The van der Waals surface area contributed by atoms with E-state index in [1.807, 2.05) is 20.8 Å². The standard InChI is InChI=1S/C20H32F4O2Si/c1-7-8-9-10-11-12-13(25)14-15(21)17(23)19(18(24)16(14)22)26-27(5,6)20(2,3)4/h13,25H,7-12H2,1-6H3. The SMILES string of the molecule is CCCCCCCC(O)c1c(F)c(F)c(O[Si](C)(C)C(C)(C)C)c(F)c1F. The summed E-state index contributed by atoms with van der Waals surface area (Å²) in [6.07, 6.45) is 2.75. The van der Waals surface area contributed by atoms with Crippen LogP contribution in [0.3, 0.4) is 0 Å². The van der Waals surface area contributed by atoms with E-state index in [-0.39, 0.29) is 6.42 Å². The van der Waals surface area contributed by atoms with Crippen LogP contribution in [0.5, 0.6) is 5.75 Å². The number of benzene rings is 1. The van der Waals surface area contributed by atoms with Gasteiger partial charge in [0.05, 0.1) is 11.7 Å². The van der Waals surface area contributed by atoms with E-state index >= 15 is 0 Å². The zero-order chi connectivity index (χ0) is 21.0. The van der Waals surface area contributed by atoms with Gasteiger partial charge >= 0.3 is 0 Å². The van der Waals surface area contributed by atoms with Crippen molar-refractivity contribution < 1.29 is 27.1 Å². The molecule has 1 aromatic rings. The minimum atomic E-state index is -2.71. The largest absolute Gasteiger partial charge is 0.539 e. The molecule has 0 saturated carbocycles. The van der Waals surface area contributed by atoms with Crippen LogP contribution in [0.25, 0.3) is 0 Å². The molecule has 0 radical (unpaired) electrons. The zero-order valence-corrected chi connectivity index (χ0v) is 18.2. The highest BCUT2D eigenvalue weighted by atomic mass is 28.4. The van der Waals surface area contributed by atoms with Gasteiger partial charge in [-0.3, -0.25) is 0 Å². The minimum Gasteiger partial charge on any atom is -0.539 e. The summed E-state index contributed by atoms with van der Waals surface area (Å²) in [5.74, 6) is -7.36. The van der Waals surface area contributed by atoms with Crippen LogP contribution in [0.4, 0.5) is 17.6 Å². The van der Waals surface area contributed by atoms with Gasteiger partial charge in [-0.1, -0.05) is 59.8 Å². The minimum absolute atomic E-state index is 0.0405. The Bertz CT molecular complexity index is 613. The van der Waals surface area contributed by atoms with Gasteiger partial charge in [-0.25, -0.2) is 8.78 Å². The van der Waals surface area contributed by atoms with Gasteiger partial charge in [0.1, 0.15) is 0 Å². The molecule has 0 amide bonds. The predicted molar refractivity (Wildman–Crippen MR) is 102 cm³/mol. The number of aliphatic hydroxyl groups excluding tert-OH is 1. The van der Waals surface area contributed by atoms with Crippen LogP contribution >= 0.6 is 0 Å². The van der Waals surface area contributed by atoms with E-state index in [9.17, 15) is 22.7 Å². The second kappa shape index (κ2) is 9.41. The molecule has 1 rings (SSSR count). The first kappa shape index (κ1) is 24.0. The molecule has 1 aromatic carbocycles. The highest BCUT2D eigenvalue weighted by Gasteiger charge is 2.41. The van der Waals surface area contributed by atoms with E-state index in [1.165, 1.54) is 0 Å². The lowest BCUT2D eigenvalue weighted by Crippen LogP contribution is -2.44. The van der Waals surface area contributed by atoms with Crippen LogP contribution in [0, 0.1) is 23.3 Å². The summed E-state index contributed by atoms with van der Waals surface area (Å²) in [6.45, 7) is 11.0. The molecule has 0 aromatic heterocycles. The molecule has 27 heavy (non-hydrogen) atoms. The van der Waals surface area contributed by atoms with Gasteiger partial charge in [-0.15, -0.1) is 0 Å². The molecule has 1 N–H and O–H groups in total. The van der Waals surface area contributed by atoms with E-state index in [4.69, 9.17) is 4.43 Å². The van der Waals surface area contributed by atoms with Crippen molar-refractivity contribution in [2.45, 2.75) is 90.5 Å². The van der Waals surface area contributed by atoms with Crippen molar-refractivity contribution in [1.82, 2.24) is 0 Å². The summed E-state index contributed by atoms with van der Waals surface area (Å²) < 4.78 is 63.3. The third kappa shape index (κ3) is 5.70. The van der Waals surface area contributed by atoms with Crippen LogP contribution in [-0.4, -0.2) is 13.4 Å². The van der Waals surface area contributed by atoms with Gasteiger partial charge in [0.2, 0.25) is 11.6 Å². The van der Waals surface area contributed by atoms with E-state index in [1.54, 1.807) is 13.1 Å². The lowest BCUT2D eigenvalue weighted by molar-refractivity contribution is 0.150. The van der Waals surface area contributed by atoms with Crippen molar-refractivity contribution in [3.8, 4) is 5.75 Å². The van der Waals surface area contributed by atoms with E-state index < -0.39 is 54.0 Å². The third-order valence-corrected chi connectivity index (χ3v) is 9.66. The van der Waals surface area contributed by atoms with Crippen LogP contribution in [0.1, 0.15) is 77.9 Å². The summed E-state index contributed by atoms with van der Waals surface area (Å²) in [6, 6.07) is 0. The lowest BCUT2D eigenvalue weighted by Gasteiger charge is -2.36. The maximum Gasteiger partial charge on any atom is 0.250 e. The predicted octanol–water partition coefficient (Wildman–Crippen LogP) is 7.02. The average Bonchev–Trinajstić information content (AvgIpc) is 2.56. The Hall–Kier alpha value is -1.08. The molecule has 0 aliphatic heterocycles. The van der Waals surface area contributed by atoms with Crippen molar-refractivity contribution >= 4 is 8.32 Å². The van der Waals surface area contributed by atoms with Crippen molar-refractivity contribution in [3.63, 3.8) is 0 Å². The second-order valence-electron chi connectivity index (χ2n) is 8.58. The third-order valence-electron chi connectivity index (χ3n) is 5.33. The van der Waals surface area contributed by atoms with Crippen LogP contribution in [0.15, 0.2) is 0 Å². The monoisotopic (exact) mass is 408 g/mol.